The van der Waals surface area contributed by atoms with E-state index in [-0.39, 0.29) is 44.4 Å². The fourth-order valence-corrected chi connectivity index (χ4v) is 4.24. The summed E-state index contributed by atoms with van der Waals surface area (Å²) >= 11 is 0. The Morgan fingerprint density at radius 1 is 1.03 bits per heavy atom. The second-order valence-corrected chi connectivity index (χ2v) is 15.7. The van der Waals surface area contributed by atoms with Crippen molar-refractivity contribution in [1.29, 1.82) is 0 Å². The van der Waals surface area contributed by atoms with Crippen LogP contribution in [0.5, 0.6) is 0 Å². The second-order valence-electron chi connectivity index (χ2n) is 10.0. The van der Waals surface area contributed by atoms with Gasteiger partial charge in [0.25, 0.3) is 5.56 Å². The molecule has 0 spiro atoms. The van der Waals surface area contributed by atoms with Crippen LogP contribution in [0.2, 0.25) is 25.7 Å². The molecule has 3 rings (SSSR count). The molecule has 9 nitrogen and oxygen atoms in total. The van der Waals surface area contributed by atoms with E-state index in [9.17, 15) is 35.9 Å². The largest absolute Gasteiger partial charge is 0.421 e. The highest BCUT2D eigenvalue weighted by atomic mass is 28.3. The number of hydrogen-bond donors (Lipinski definition) is 0. The van der Waals surface area contributed by atoms with Gasteiger partial charge in [0.05, 0.1) is 11.3 Å². The van der Waals surface area contributed by atoms with Crippen LogP contribution in [0.4, 0.5) is 32.3 Å². The van der Waals surface area contributed by atoms with Gasteiger partial charge in [0.15, 0.2) is 0 Å². The van der Waals surface area contributed by atoms with Gasteiger partial charge < -0.3 is 14.5 Å². The maximum absolute atomic E-state index is 13.5. The van der Waals surface area contributed by atoms with Crippen molar-refractivity contribution in [1.82, 2.24) is 24.6 Å². The molecule has 0 aliphatic carbocycles. The number of piperazine rings is 1. The van der Waals surface area contributed by atoms with Crippen LogP contribution in [0, 0.1) is 0 Å². The van der Waals surface area contributed by atoms with E-state index in [4.69, 9.17) is 4.74 Å². The number of ether oxygens (including phenoxy) is 1. The average molecular weight is 579 g/mol. The second kappa shape index (κ2) is 11.9. The molecule has 0 atom stereocenters. The van der Waals surface area contributed by atoms with Crippen molar-refractivity contribution in [3.63, 3.8) is 0 Å². The lowest BCUT2D eigenvalue weighted by Gasteiger charge is -2.34. The van der Waals surface area contributed by atoms with Crippen molar-refractivity contribution < 1.29 is 35.9 Å². The first-order chi connectivity index (χ1) is 18.0. The normalized spacial score (nSPS) is 15.3. The number of nitrogens with zero attached hydrogens (tertiary/aromatic N) is 6. The molecule has 0 N–H and O–H groups in total. The predicted octanol–water partition coefficient (Wildman–Crippen LogP) is 3.75. The lowest BCUT2D eigenvalue weighted by Crippen LogP contribution is -2.48. The minimum Gasteiger partial charge on any atom is -0.359 e. The van der Waals surface area contributed by atoms with E-state index in [1.807, 2.05) is 0 Å². The predicted molar refractivity (Wildman–Crippen MR) is 132 cm³/mol. The third kappa shape index (κ3) is 8.61. The maximum Gasteiger partial charge on any atom is 0.421 e. The maximum atomic E-state index is 13.5. The molecule has 1 fully saturated rings. The van der Waals surface area contributed by atoms with Gasteiger partial charge in [-0.3, -0.25) is 9.59 Å². The monoisotopic (exact) mass is 578 g/mol. The number of carbonyl (C=O) groups excluding carboxylic acids is 1. The zero-order valence-electron chi connectivity index (χ0n) is 21.5. The van der Waals surface area contributed by atoms with Gasteiger partial charge in [0, 0.05) is 59.3 Å². The summed E-state index contributed by atoms with van der Waals surface area (Å²) in [6.45, 7) is 6.96. The van der Waals surface area contributed by atoms with E-state index in [0.29, 0.717) is 23.1 Å². The lowest BCUT2D eigenvalue weighted by molar-refractivity contribution is -0.139. The minimum absolute atomic E-state index is 0.0869. The van der Waals surface area contributed by atoms with Gasteiger partial charge in [-0.1, -0.05) is 19.6 Å². The van der Waals surface area contributed by atoms with Gasteiger partial charge in [-0.25, -0.2) is 14.6 Å². The van der Waals surface area contributed by atoms with Crippen LogP contribution in [0.25, 0.3) is 6.08 Å². The van der Waals surface area contributed by atoms with Crippen LogP contribution in [0.1, 0.15) is 16.8 Å². The summed E-state index contributed by atoms with van der Waals surface area (Å²) < 4.78 is 84.4. The average Bonchev–Trinajstić information content (AvgIpc) is 2.84. The van der Waals surface area contributed by atoms with Gasteiger partial charge >= 0.3 is 12.4 Å². The molecule has 214 valence electrons. The number of halogens is 6. The van der Waals surface area contributed by atoms with Crippen LogP contribution < -0.4 is 10.5 Å². The van der Waals surface area contributed by atoms with E-state index in [0.717, 1.165) is 18.2 Å². The molecular weight excluding hydrogens is 550 g/mol. The van der Waals surface area contributed by atoms with Crippen molar-refractivity contribution in [2.75, 3.05) is 37.7 Å². The first-order valence-corrected chi connectivity index (χ1v) is 15.6. The summed E-state index contributed by atoms with van der Waals surface area (Å²) in [5.74, 6) is -0.425. The number of hydrogen-bond acceptors (Lipinski definition) is 7. The third-order valence-electron chi connectivity index (χ3n) is 5.75. The van der Waals surface area contributed by atoms with Crippen LogP contribution in [0.3, 0.4) is 0 Å². The van der Waals surface area contributed by atoms with Gasteiger partial charge in [-0.15, -0.1) is 0 Å². The molecule has 39 heavy (non-hydrogen) atoms. The van der Waals surface area contributed by atoms with Gasteiger partial charge in [0.2, 0.25) is 11.9 Å². The van der Waals surface area contributed by atoms with E-state index in [1.165, 1.54) is 4.90 Å². The molecule has 16 heteroatoms. The van der Waals surface area contributed by atoms with Crippen molar-refractivity contribution in [3.8, 4) is 0 Å². The molecule has 2 aromatic rings. The molecule has 1 aliphatic heterocycles. The Morgan fingerprint density at radius 2 is 1.64 bits per heavy atom. The molecule has 0 aromatic carbocycles. The summed E-state index contributed by atoms with van der Waals surface area (Å²) in [7, 11) is -1.45. The molecule has 2 aromatic heterocycles. The van der Waals surface area contributed by atoms with E-state index in [2.05, 4.69) is 34.7 Å². The highest BCUT2D eigenvalue weighted by Gasteiger charge is 2.35. The van der Waals surface area contributed by atoms with E-state index < -0.39 is 49.8 Å². The Kier molecular flexibility index (Phi) is 9.20. The summed E-state index contributed by atoms with van der Waals surface area (Å²) in [4.78, 5) is 35.4. The van der Waals surface area contributed by atoms with E-state index in [1.54, 1.807) is 4.90 Å². The number of amides is 1. The number of carbonyl (C=O) groups is 1. The third-order valence-corrected chi connectivity index (χ3v) is 7.45. The number of anilines is 1. The molecule has 0 saturated carbocycles. The van der Waals surface area contributed by atoms with Crippen molar-refractivity contribution in [2.45, 2.75) is 44.8 Å². The Bertz CT molecular complexity index is 1230. The molecular formula is C23H28F6N6O3Si. The van der Waals surface area contributed by atoms with Crippen LogP contribution in [-0.4, -0.2) is 71.4 Å². The molecule has 0 unspecified atom stereocenters. The summed E-state index contributed by atoms with van der Waals surface area (Å²) in [6.07, 6.45) is -5.99. The smallest absolute Gasteiger partial charge is 0.359 e. The minimum atomic E-state index is -4.93. The lowest BCUT2D eigenvalue weighted by atomic mass is 10.2. The van der Waals surface area contributed by atoms with Crippen molar-refractivity contribution >= 4 is 26.0 Å². The molecule has 1 aliphatic rings. The van der Waals surface area contributed by atoms with Crippen molar-refractivity contribution in [2.24, 2.45) is 0 Å². The van der Waals surface area contributed by atoms with Crippen LogP contribution in [-0.2, 0) is 28.6 Å². The quantitative estimate of drug-likeness (QED) is 0.204. The Balaban J connectivity index is 1.66. The van der Waals surface area contributed by atoms with Gasteiger partial charge in [-0.2, -0.15) is 31.4 Å². The first-order valence-electron chi connectivity index (χ1n) is 11.9. The van der Waals surface area contributed by atoms with Crippen LogP contribution >= 0.6 is 0 Å². The molecule has 0 bridgehead atoms. The fraction of sp³-hybridized carbons (Fsp3) is 0.522. The summed E-state index contributed by atoms with van der Waals surface area (Å²) in [5, 5.41) is 3.90. The summed E-state index contributed by atoms with van der Waals surface area (Å²) in [5.41, 5.74) is -4.00. The number of aromatic nitrogens is 4. The van der Waals surface area contributed by atoms with Crippen molar-refractivity contribution in [3.05, 3.63) is 51.7 Å². The zero-order valence-corrected chi connectivity index (χ0v) is 22.5. The topological polar surface area (TPSA) is 93.5 Å². The zero-order chi connectivity index (χ0) is 29.0. The Labute approximate surface area is 221 Å². The number of alkyl halides is 6. The molecule has 0 radical (unpaired) electrons. The van der Waals surface area contributed by atoms with Gasteiger partial charge in [0.1, 0.15) is 12.3 Å². The standard InChI is InChI=1S/C23H28F6N6O3Si/c1-39(2,3)11-10-38-15-35-20(37)18(23(27,28)29)12-17(32-35)4-5-19(36)33-6-8-34(9-7-33)21-30-13-16(14-31-21)22(24,25)26/h4-5,12-14H,6-11,15H2,1-3H3. The Morgan fingerprint density at radius 3 is 2.18 bits per heavy atom. The van der Waals surface area contributed by atoms with E-state index >= 15 is 0 Å². The van der Waals surface area contributed by atoms with Crippen LogP contribution in [0.15, 0.2) is 29.3 Å². The molecule has 1 amide bonds. The highest BCUT2D eigenvalue weighted by Crippen LogP contribution is 2.29. The SMILES string of the molecule is C[Si](C)(C)CCOCn1nc(C=CC(=O)N2CCN(c3ncc(C(F)(F)F)cn3)CC2)cc(C(F)(F)F)c1=O. The highest BCUT2D eigenvalue weighted by molar-refractivity contribution is 6.76. The first kappa shape index (κ1) is 30.3. The molecule has 1 saturated heterocycles. The molecule has 3 heterocycles. The summed E-state index contributed by atoms with van der Waals surface area (Å²) in [6, 6.07) is 1.32. The number of rotatable bonds is 8. The van der Waals surface area contributed by atoms with Gasteiger partial charge in [-0.05, 0) is 18.2 Å². The Hall–Kier alpha value is -3.27. The fourth-order valence-electron chi connectivity index (χ4n) is 3.48.